The molecule has 1 unspecified atom stereocenters. The van der Waals surface area contributed by atoms with Crippen LogP contribution in [0, 0.1) is 5.92 Å². The Morgan fingerprint density at radius 3 is 3.16 bits per heavy atom. The number of hydrogen-bond acceptors (Lipinski definition) is 4. The summed E-state index contributed by atoms with van der Waals surface area (Å²) in [6.07, 6.45) is 6.29. The highest BCUT2D eigenvalue weighted by Gasteiger charge is 2.16. The molecule has 1 fully saturated rings. The number of likely N-dealkylation sites (tertiary alicyclic amines) is 1. The molecular weight excluding hydrogens is 260 g/mol. The van der Waals surface area contributed by atoms with Crippen LogP contribution in [0.5, 0.6) is 0 Å². The van der Waals surface area contributed by atoms with E-state index in [0.29, 0.717) is 6.42 Å². The van der Waals surface area contributed by atoms with E-state index < -0.39 is 5.97 Å². The lowest BCUT2D eigenvalue weighted by atomic mass is 10.0. The van der Waals surface area contributed by atoms with Gasteiger partial charge in [-0.3, -0.25) is 4.79 Å². The van der Waals surface area contributed by atoms with Crippen molar-refractivity contribution < 1.29 is 9.90 Å². The number of piperidine rings is 1. The van der Waals surface area contributed by atoms with E-state index in [1.165, 1.54) is 25.9 Å². The second kappa shape index (κ2) is 7.01. The van der Waals surface area contributed by atoms with E-state index >= 15 is 0 Å². The molecule has 0 aliphatic carbocycles. The topological polar surface area (TPSA) is 53.4 Å². The van der Waals surface area contributed by atoms with E-state index in [4.69, 9.17) is 5.11 Å². The van der Waals surface area contributed by atoms with Gasteiger partial charge in [-0.05, 0) is 31.7 Å². The molecule has 1 N–H and O–H groups in total. The van der Waals surface area contributed by atoms with Crippen molar-refractivity contribution in [3.05, 3.63) is 16.1 Å². The van der Waals surface area contributed by atoms with Crippen LogP contribution in [0.3, 0.4) is 0 Å². The van der Waals surface area contributed by atoms with Crippen molar-refractivity contribution in [2.75, 3.05) is 19.6 Å². The summed E-state index contributed by atoms with van der Waals surface area (Å²) in [7, 11) is 0. The molecule has 1 atom stereocenters. The summed E-state index contributed by atoms with van der Waals surface area (Å²) in [5.74, 6) is 0.0772. The van der Waals surface area contributed by atoms with Crippen LogP contribution in [0.15, 0.2) is 6.20 Å². The Balaban J connectivity index is 1.75. The largest absolute Gasteiger partial charge is 0.481 e. The second-order valence-corrected chi connectivity index (χ2v) is 6.61. The molecule has 1 aliphatic heterocycles. The highest BCUT2D eigenvalue weighted by molar-refractivity contribution is 7.11. The average Bonchev–Trinajstić information content (AvgIpc) is 2.82. The molecule has 1 saturated heterocycles. The smallest absolute Gasteiger partial charge is 0.303 e. The van der Waals surface area contributed by atoms with Crippen LogP contribution in [-0.2, 0) is 17.6 Å². The number of aromatic nitrogens is 1. The van der Waals surface area contributed by atoms with Crippen LogP contribution < -0.4 is 0 Å². The normalized spacial score (nSPS) is 20.6. The summed E-state index contributed by atoms with van der Waals surface area (Å²) in [5, 5.41) is 9.80. The minimum absolute atomic E-state index is 0.200. The second-order valence-electron chi connectivity index (χ2n) is 5.41. The maximum atomic E-state index is 10.5. The molecule has 2 rings (SSSR count). The Bertz CT molecular complexity index is 419. The SMILES string of the molecule is CC1CCCN(CCc2ncc(CCC(=O)O)s2)C1. The molecular formula is C14H22N2O2S. The fourth-order valence-corrected chi connectivity index (χ4v) is 3.46. The Kier molecular flexibility index (Phi) is 5.34. The Morgan fingerprint density at radius 1 is 1.58 bits per heavy atom. The van der Waals surface area contributed by atoms with Gasteiger partial charge in [0.2, 0.25) is 0 Å². The predicted molar refractivity (Wildman–Crippen MR) is 76.6 cm³/mol. The van der Waals surface area contributed by atoms with Crippen molar-refractivity contribution in [3.8, 4) is 0 Å². The number of carboxylic acid groups (broad SMARTS) is 1. The van der Waals surface area contributed by atoms with Crippen LogP contribution in [0.25, 0.3) is 0 Å². The first kappa shape index (κ1) is 14.5. The molecule has 2 heterocycles. The molecule has 0 saturated carbocycles. The average molecular weight is 282 g/mol. The zero-order chi connectivity index (χ0) is 13.7. The highest BCUT2D eigenvalue weighted by Crippen LogP contribution is 2.18. The van der Waals surface area contributed by atoms with Gasteiger partial charge in [-0.25, -0.2) is 4.98 Å². The van der Waals surface area contributed by atoms with Gasteiger partial charge in [0.15, 0.2) is 0 Å². The number of hydrogen-bond donors (Lipinski definition) is 1. The summed E-state index contributed by atoms with van der Waals surface area (Å²) >= 11 is 1.66. The summed E-state index contributed by atoms with van der Waals surface area (Å²) in [6.45, 7) is 5.81. The molecule has 5 heteroatoms. The number of nitrogens with zero attached hydrogens (tertiary/aromatic N) is 2. The van der Waals surface area contributed by atoms with Crippen LogP contribution >= 0.6 is 11.3 Å². The summed E-state index contributed by atoms with van der Waals surface area (Å²) in [6, 6.07) is 0. The summed E-state index contributed by atoms with van der Waals surface area (Å²) in [5.41, 5.74) is 0. The van der Waals surface area contributed by atoms with E-state index in [1.807, 2.05) is 6.20 Å². The van der Waals surface area contributed by atoms with Crippen LogP contribution in [0.2, 0.25) is 0 Å². The van der Waals surface area contributed by atoms with Gasteiger partial charge < -0.3 is 10.0 Å². The molecule has 1 aliphatic rings. The Morgan fingerprint density at radius 2 is 2.42 bits per heavy atom. The van der Waals surface area contributed by atoms with Crippen molar-refractivity contribution in [1.82, 2.24) is 9.88 Å². The van der Waals surface area contributed by atoms with Gasteiger partial charge in [-0.2, -0.15) is 0 Å². The molecule has 0 aromatic carbocycles. The predicted octanol–water partition coefficient (Wildman–Crippen LogP) is 2.43. The quantitative estimate of drug-likeness (QED) is 0.870. The van der Waals surface area contributed by atoms with E-state index in [-0.39, 0.29) is 6.42 Å². The first-order valence-corrected chi connectivity index (χ1v) is 7.83. The fraction of sp³-hybridized carbons (Fsp3) is 0.714. The lowest BCUT2D eigenvalue weighted by Crippen LogP contribution is -2.35. The monoisotopic (exact) mass is 282 g/mol. The third-order valence-corrected chi connectivity index (χ3v) is 4.69. The van der Waals surface area contributed by atoms with Gasteiger partial charge in [0.05, 0.1) is 11.4 Å². The van der Waals surface area contributed by atoms with Crippen molar-refractivity contribution in [2.45, 2.75) is 39.0 Å². The molecule has 0 spiro atoms. The summed E-state index contributed by atoms with van der Waals surface area (Å²) in [4.78, 5) is 18.5. The third-order valence-electron chi connectivity index (χ3n) is 3.57. The number of carboxylic acids is 1. The number of rotatable bonds is 6. The van der Waals surface area contributed by atoms with Crippen molar-refractivity contribution in [3.63, 3.8) is 0 Å². The number of aliphatic carboxylic acids is 1. The number of aryl methyl sites for hydroxylation is 1. The Hall–Kier alpha value is -0.940. The Labute approximate surface area is 118 Å². The first-order valence-electron chi connectivity index (χ1n) is 7.01. The van der Waals surface area contributed by atoms with Crippen LogP contribution in [0.4, 0.5) is 0 Å². The first-order chi connectivity index (χ1) is 9.13. The van der Waals surface area contributed by atoms with E-state index in [9.17, 15) is 4.79 Å². The van der Waals surface area contributed by atoms with E-state index in [1.54, 1.807) is 11.3 Å². The minimum Gasteiger partial charge on any atom is -0.481 e. The van der Waals surface area contributed by atoms with Gasteiger partial charge >= 0.3 is 5.97 Å². The minimum atomic E-state index is -0.739. The van der Waals surface area contributed by atoms with Gasteiger partial charge in [-0.15, -0.1) is 11.3 Å². The van der Waals surface area contributed by atoms with Crippen molar-refractivity contribution in [1.29, 1.82) is 0 Å². The van der Waals surface area contributed by atoms with E-state index in [2.05, 4.69) is 16.8 Å². The third kappa shape index (κ3) is 4.91. The number of carbonyl (C=O) groups is 1. The maximum absolute atomic E-state index is 10.5. The molecule has 19 heavy (non-hydrogen) atoms. The van der Waals surface area contributed by atoms with Crippen molar-refractivity contribution in [2.24, 2.45) is 5.92 Å². The molecule has 0 bridgehead atoms. The zero-order valence-electron chi connectivity index (χ0n) is 11.5. The zero-order valence-corrected chi connectivity index (χ0v) is 12.3. The standard InChI is InChI=1S/C14H22N2O2S/c1-11-3-2-7-16(10-11)8-6-13-15-9-12(19-13)4-5-14(17)18/h9,11H,2-8,10H2,1H3,(H,17,18). The van der Waals surface area contributed by atoms with Gasteiger partial charge in [-0.1, -0.05) is 6.92 Å². The van der Waals surface area contributed by atoms with Crippen LogP contribution in [-0.4, -0.2) is 40.6 Å². The number of thiazole rings is 1. The molecule has 0 amide bonds. The van der Waals surface area contributed by atoms with Crippen molar-refractivity contribution >= 4 is 17.3 Å². The molecule has 4 nitrogen and oxygen atoms in total. The van der Waals surface area contributed by atoms with Gasteiger partial charge in [0.1, 0.15) is 0 Å². The van der Waals surface area contributed by atoms with E-state index in [0.717, 1.165) is 28.8 Å². The van der Waals surface area contributed by atoms with Crippen LogP contribution in [0.1, 0.15) is 36.1 Å². The molecule has 0 radical (unpaired) electrons. The lowest BCUT2D eigenvalue weighted by molar-refractivity contribution is -0.136. The molecule has 106 valence electrons. The lowest BCUT2D eigenvalue weighted by Gasteiger charge is -2.30. The van der Waals surface area contributed by atoms with Gasteiger partial charge in [0, 0.05) is 30.6 Å². The van der Waals surface area contributed by atoms with Gasteiger partial charge in [0.25, 0.3) is 0 Å². The molecule has 1 aromatic rings. The highest BCUT2D eigenvalue weighted by atomic mass is 32.1. The maximum Gasteiger partial charge on any atom is 0.303 e. The summed E-state index contributed by atoms with van der Waals surface area (Å²) < 4.78 is 0. The fourth-order valence-electron chi connectivity index (χ4n) is 2.55. The molecule has 1 aromatic heterocycles.